The van der Waals surface area contributed by atoms with Crippen LogP contribution in [0.25, 0.3) is 0 Å². The van der Waals surface area contributed by atoms with E-state index < -0.39 is 0 Å². The second-order valence-electron chi connectivity index (χ2n) is 5.47. The number of halogens is 2. The lowest BCUT2D eigenvalue weighted by Gasteiger charge is -2.13. The molecule has 3 aromatic rings. The van der Waals surface area contributed by atoms with Crippen molar-refractivity contribution in [1.29, 1.82) is 0 Å². The number of carbonyl (C=O) groups excluding carboxylic acids is 1. The van der Waals surface area contributed by atoms with Crippen molar-refractivity contribution in [3.8, 4) is 5.75 Å². The minimum atomic E-state index is -0.320. The van der Waals surface area contributed by atoms with Crippen molar-refractivity contribution in [2.75, 3.05) is 5.43 Å². The van der Waals surface area contributed by atoms with E-state index in [4.69, 9.17) is 27.9 Å². The summed E-state index contributed by atoms with van der Waals surface area (Å²) in [5.74, 6) is 0.151. The molecule has 0 unspecified atom stereocenters. The zero-order valence-electron chi connectivity index (χ0n) is 13.7. The topological polar surface area (TPSA) is 50.4 Å². The number of amides is 1. The van der Waals surface area contributed by atoms with E-state index in [-0.39, 0.29) is 12.5 Å². The van der Waals surface area contributed by atoms with Crippen LogP contribution < -0.4 is 15.6 Å². The number of hydrogen-bond acceptors (Lipinski definition) is 3. The highest BCUT2D eigenvalue weighted by molar-refractivity contribution is 6.31. The van der Waals surface area contributed by atoms with Crippen molar-refractivity contribution >= 4 is 34.8 Å². The molecule has 132 valence electrons. The molecule has 6 heteroatoms. The Hall–Kier alpha value is -2.69. The first-order chi connectivity index (χ1) is 12.6. The van der Waals surface area contributed by atoms with Gasteiger partial charge in [-0.15, -0.1) is 0 Å². The van der Waals surface area contributed by atoms with Crippen molar-refractivity contribution in [3.63, 3.8) is 0 Å². The largest absolute Gasteiger partial charge is 0.488 e. The number of hydrazine groups is 1. The van der Waals surface area contributed by atoms with Gasteiger partial charge >= 0.3 is 0 Å². The van der Waals surface area contributed by atoms with Crippen molar-refractivity contribution < 1.29 is 9.53 Å². The van der Waals surface area contributed by atoms with Gasteiger partial charge in [-0.3, -0.25) is 15.6 Å². The minimum Gasteiger partial charge on any atom is -0.488 e. The lowest BCUT2D eigenvalue weighted by Crippen LogP contribution is -2.29. The van der Waals surface area contributed by atoms with Gasteiger partial charge in [-0.05, 0) is 36.4 Å². The molecule has 26 heavy (non-hydrogen) atoms. The van der Waals surface area contributed by atoms with Gasteiger partial charge in [0.1, 0.15) is 12.4 Å². The Bertz CT molecular complexity index is 916. The molecule has 0 heterocycles. The van der Waals surface area contributed by atoms with Crippen molar-refractivity contribution in [3.05, 3.63) is 94.0 Å². The Morgan fingerprint density at radius 1 is 0.923 bits per heavy atom. The van der Waals surface area contributed by atoms with Gasteiger partial charge in [0.25, 0.3) is 5.91 Å². The normalized spacial score (nSPS) is 10.2. The number of carbonyl (C=O) groups is 1. The van der Waals surface area contributed by atoms with Crippen molar-refractivity contribution in [1.82, 2.24) is 5.43 Å². The van der Waals surface area contributed by atoms with Gasteiger partial charge in [-0.2, -0.15) is 0 Å². The zero-order chi connectivity index (χ0) is 18.4. The molecular weight excluding hydrogens is 371 g/mol. The molecule has 1 amide bonds. The summed E-state index contributed by atoms with van der Waals surface area (Å²) in [4.78, 5) is 12.5. The van der Waals surface area contributed by atoms with Gasteiger partial charge in [0.05, 0.1) is 11.3 Å². The molecule has 0 radical (unpaired) electrons. The van der Waals surface area contributed by atoms with E-state index >= 15 is 0 Å². The van der Waals surface area contributed by atoms with Gasteiger partial charge < -0.3 is 4.74 Å². The van der Waals surface area contributed by atoms with Crippen LogP contribution in [-0.4, -0.2) is 5.91 Å². The first-order valence-corrected chi connectivity index (χ1v) is 8.66. The fourth-order valence-corrected chi connectivity index (χ4v) is 2.69. The lowest BCUT2D eigenvalue weighted by molar-refractivity contribution is 0.0958. The van der Waals surface area contributed by atoms with E-state index in [0.717, 1.165) is 5.56 Å². The fourth-order valence-electron chi connectivity index (χ4n) is 2.31. The van der Waals surface area contributed by atoms with Gasteiger partial charge in [-0.25, -0.2) is 0 Å². The average molecular weight is 387 g/mol. The maximum atomic E-state index is 12.5. The summed E-state index contributed by atoms with van der Waals surface area (Å²) in [6, 6.07) is 21.5. The maximum absolute atomic E-state index is 12.5. The molecule has 0 spiro atoms. The third-order valence-electron chi connectivity index (χ3n) is 3.62. The van der Waals surface area contributed by atoms with E-state index in [2.05, 4.69) is 10.9 Å². The molecular formula is C20H16Cl2N2O2. The summed E-state index contributed by atoms with van der Waals surface area (Å²) in [5.41, 5.74) is 7.41. The van der Waals surface area contributed by atoms with Crippen molar-refractivity contribution in [2.24, 2.45) is 0 Å². The monoisotopic (exact) mass is 386 g/mol. The highest BCUT2D eigenvalue weighted by Gasteiger charge is 2.12. The SMILES string of the molecule is O=C(NNc1cccc(Cl)c1)c1ccccc1OCc1ccccc1Cl. The minimum absolute atomic E-state index is 0.270. The number of hydrogen-bond donors (Lipinski definition) is 2. The molecule has 0 fully saturated rings. The number of ether oxygens (including phenoxy) is 1. The van der Waals surface area contributed by atoms with Crippen LogP contribution >= 0.6 is 23.2 Å². The quantitative estimate of drug-likeness (QED) is 0.562. The second kappa shape index (κ2) is 8.61. The van der Waals surface area contributed by atoms with E-state index in [1.807, 2.05) is 24.3 Å². The lowest BCUT2D eigenvalue weighted by atomic mass is 10.2. The Kier molecular flexibility index (Phi) is 6.00. The average Bonchev–Trinajstić information content (AvgIpc) is 2.66. The summed E-state index contributed by atoms with van der Waals surface area (Å²) in [5, 5.41) is 1.20. The Morgan fingerprint density at radius 3 is 2.50 bits per heavy atom. The Balaban J connectivity index is 1.68. The van der Waals surface area contributed by atoms with E-state index in [1.54, 1.807) is 48.5 Å². The van der Waals surface area contributed by atoms with Gasteiger partial charge in [0.15, 0.2) is 0 Å². The number of para-hydroxylation sites is 1. The number of benzene rings is 3. The summed E-state index contributed by atoms with van der Waals surface area (Å²) >= 11 is 12.1. The summed E-state index contributed by atoms with van der Waals surface area (Å²) < 4.78 is 5.80. The van der Waals surface area contributed by atoms with Crippen LogP contribution in [-0.2, 0) is 6.61 Å². The molecule has 0 aliphatic heterocycles. The maximum Gasteiger partial charge on any atom is 0.273 e. The molecule has 3 aromatic carbocycles. The predicted molar refractivity (Wildman–Crippen MR) is 105 cm³/mol. The molecule has 0 bridgehead atoms. The summed E-state index contributed by atoms with van der Waals surface area (Å²) in [6.45, 7) is 0.270. The molecule has 0 atom stereocenters. The highest BCUT2D eigenvalue weighted by Crippen LogP contribution is 2.22. The smallest absolute Gasteiger partial charge is 0.273 e. The van der Waals surface area contributed by atoms with Gasteiger partial charge in [0.2, 0.25) is 0 Å². The van der Waals surface area contributed by atoms with E-state index in [1.165, 1.54) is 0 Å². The number of nitrogens with one attached hydrogen (secondary N) is 2. The molecule has 0 aliphatic carbocycles. The van der Waals surface area contributed by atoms with Crippen LogP contribution in [0.5, 0.6) is 5.75 Å². The standard InChI is InChI=1S/C20H16Cl2N2O2/c21-15-7-5-8-16(12-15)23-24-20(25)17-9-2-4-11-19(17)26-13-14-6-1-3-10-18(14)22/h1-12,23H,13H2,(H,24,25). The number of anilines is 1. The molecule has 4 nitrogen and oxygen atoms in total. The molecule has 0 saturated heterocycles. The second-order valence-corrected chi connectivity index (χ2v) is 6.31. The third kappa shape index (κ3) is 4.69. The van der Waals surface area contributed by atoms with Gasteiger partial charge in [0, 0.05) is 15.6 Å². The summed E-state index contributed by atoms with van der Waals surface area (Å²) in [7, 11) is 0. The van der Waals surface area contributed by atoms with Crippen LogP contribution in [0.15, 0.2) is 72.8 Å². The Morgan fingerprint density at radius 2 is 1.69 bits per heavy atom. The molecule has 2 N–H and O–H groups in total. The highest BCUT2D eigenvalue weighted by atomic mass is 35.5. The zero-order valence-corrected chi connectivity index (χ0v) is 15.2. The van der Waals surface area contributed by atoms with E-state index in [9.17, 15) is 4.79 Å². The van der Waals surface area contributed by atoms with Gasteiger partial charge in [-0.1, -0.05) is 59.6 Å². The molecule has 0 saturated carbocycles. The van der Waals surface area contributed by atoms with Crippen molar-refractivity contribution in [2.45, 2.75) is 6.61 Å². The first kappa shape index (κ1) is 18.1. The number of rotatable bonds is 6. The van der Waals surface area contributed by atoms with Crippen LogP contribution in [0, 0.1) is 0 Å². The van der Waals surface area contributed by atoms with Crippen LogP contribution in [0.3, 0.4) is 0 Å². The molecule has 3 rings (SSSR count). The first-order valence-electron chi connectivity index (χ1n) is 7.90. The fraction of sp³-hybridized carbons (Fsp3) is 0.0500. The predicted octanol–water partition coefficient (Wildman–Crippen LogP) is 5.33. The molecule has 0 aromatic heterocycles. The summed E-state index contributed by atoms with van der Waals surface area (Å²) in [6.07, 6.45) is 0. The van der Waals surface area contributed by atoms with Crippen LogP contribution in [0.1, 0.15) is 15.9 Å². The van der Waals surface area contributed by atoms with E-state index in [0.29, 0.717) is 27.0 Å². The molecule has 0 aliphatic rings. The third-order valence-corrected chi connectivity index (χ3v) is 4.22. The Labute approximate surface area is 161 Å². The van der Waals surface area contributed by atoms with Crippen LogP contribution in [0.2, 0.25) is 10.0 Å². The van der Waals surface area contributed by atoms with Crippen LogP contribution in [0.4, 0.5) is 5.69 Å².